The molecule has 2 fully saturated rings. The highest BCUT2D eigenvalue weighted by atomic mass is 35.5. The monoisotopic (exact) mass is 284 g/mol. The van der Waals surface area contributed by atoms with Crippen molar-refractivity contribution in [1.29, 1.82) is 0 Å². The van der Waals surface area contributed by atoms with E-state index in [1.807, 2.05) is 18.2 Å². The first kappa shape index (κ1) is 12.3. The summed E-state index contributed by atoms with van der Waals surface area (Å²) in [6.07, 6.45) is 0. The van der Waals surface area contributed by atoms with Gasteiger partial charge >= 0.3 is 0 Å². The van der Waals surface area contributed by atoms with E-state index in [2.05, 4.69) is 10.2 Å². The van der Waals surface area contributed by atoms with E-state index in [9.17, 15) is 4.79 Å². The zero-order valence-corrected chi connectivity index (χ0v) is 11.3. The summed E-state index contributed by atoms with van der Waals surface area (Å²) >= 11 is 11.9. The van der Waals surface area contributed by atoms with Gasteiger partial charge in [0.15, 0.2) is 0 Å². The number of fused-ring (bicyclic) bond motifs is 1. The van der Waals surface area contributed by atoms with E-state index in [0.717, 1.165) is 31.7 Å². The van der Waals surface area contributed by atoms with Crippen LogP contribution in [0.1, 0.15) is 5.56 Å². The number of halogens is 2. The minimum Gasteiger partial charge on any atom is -0.355 e. The standard InChI is InChI=1S/C13H14Cl2N2O/c14-11-2-1-8(3-12(11)15)5-17-6-9-4-16-13(18)10(9)7-17/h1-3,9-10H,4-7H2,(H,16,18)/t9-,10+/m0/s1. The van der Waals surface area contributed by atoms with Crippen molar-refractivity contribution in [2.24, 2.45) is 11.8 Å². The topological polar surface area (TPSA) is 32.3 Å². The van der Waals surface area contributed by atoms with E-state index < -0.39 is 0 Å². The fourth-order valence-electron chi connectivity index (χ4n) is 2.85. The van der Waals surface area contributed by atoms with E-state index in [0.29, 0.717) is 16.0 Å². The second kappa shape index (κ2) is 4.72. The van der Waals surface area contributed by atoms with Crippen LogP contribution in [0.3, 0.4) is 0 Å². The van der Waals surface area contributed by atoms with Crippen LogP contribution in [0.25, 0.3) is 0 Å². The lowest BCUT2D eigenvalue weighted by Crippen LogP contribution is -2.28. The number of likely N-dealkylation sites (tertiary alicyclic amines) is 1. The smallest absolute Gasteiger partial charge is 0.224 e. The quantitative estimate of drug-likeness (QED) is 0.903. The third-order valence-corrected chi connectivity index (χ3v) is 4.52. The second-order valence-electron chi connectivity index (χ2n) is 5.05. The molecular weight excluding hydrogens is 271 g/mol. The first-order valence-corrected chi connectivity index (χ1v) is 6.83. The average molecular weight is 285 g/mol. The Kier molecular flexibility index (Phi) is 3.22. The Hall–Kier alpha value is -0.770. The number of carbonyl (C=O) groups is 1. The molecule has 2 aliphatic rings. The van der Waals surface area contributed by atoms with Gasteiger partial charge < -0.3 is 5.32 Å². The summed E-state index contributed by atoms with van der Waals surface area (Å²) in [5.74, 6) is 0.852. The summed E-state index contributed by atoms with van der Waals surface area (Å²) in [5.41, 5.74) is 1.14. The van der Waals surface area contributed by atoms with Crippen molar-refractivity contribution in [3.8, 4) is 0 Å². The fraction of sp³-hybridized carbons (Fsp3) is 0.462. The first-order chi connectivity index (χ1) is 8.63. The van der Waals surface area contributed by atoms with Gasteiger partial charge in [-0.1, -0.05) is 29.3 Å². The average Bonchev–Trinajstić information content (AvgIpc) is 2.87. The number of nitrogens with one attached hydrogen (secondary N) is 1. The molecule has 2 atom stereocenters. The highest BCUT2D eigenvalue weighted by molar-refractivity contribution is 6.42. The molecule has 0 radical (unpaired) electrons. The maximum Gasteiger partial charge on any atom is 0.224 e. The first-order valence-electron chi connectivity index (χ1n) is 6.07. The number of carbonyl (C=O) groups excluding carboxylic acids is 1. The molecule has 2 heterocycles. The molecule has 0 saturated carbocycles. The van der Waals surface area contributed by atoms with E-state index in [4.69, 9.17) is 23.2 Å². The van der Waals surface area contributed by atoms with Gasteiger partial charge in [-0.2, -0.15) is 0 Å². The third kappa shape index (κ3) is 2.22. The maximum atomic E-state index is 11.6. The zero-order valence-electron chi connectivity index (χ0n) is 9.83. The molecule has 18 heavy (non-hydrogen) atoms. The normalized spacial score (nSPS) is 27.3. The SMILES string of the molecule is O=C1NC[C@H]2CN(Cc3ccc(Cl)c(Cl)c3)C[C@@H]12. The van der Waals surface area contributed by atoms with Crippen molar-refractivity contribution < 1.29 is 4.79 Å². The number of hydrogen-bond acceptors (Lipinski definition) is 2. The maximum absolute atomic E-state index is 11.6. The molecule has 5 heteroatoms. The molecule has 0 aromatic heterocycles. The molecule has 0 spiro atoms. The van der Waals surface area contributed by atoms with Gasteiger partial charge in [-0.05, 0) is 17.7 Å². The van der Waals surface area contributed by atoms with Crippen LogP contribution in [0.4, 0.5) is 0 Å². The molecule has 1 aromatic carbocycles. The summed E-state index contributed by atoms with van der Waals surface area (Å²) in [6, 6.07) is 5.71. The largest absolute Gasteiger partial charge is 0.355 e. The minimum atomic E-state index is 0.174. The Bertz CT molecular complexity index is 492. The molecule has 0 unspecified atom stereocenters. The Morgan fingerprint density at radius 1 is 1.28 bits per heavy atom. The van der Waals surface area contributed by atoms with E-state index >= 15 is 0 Å². The zero-order chi connectivity index (χ0) is 12.7. The van der Waals surface area contributed by atoms with Crippen LogP contribution in [0.5, 0.6) is 0 Å². The molecule has 1 amide bonds. The van der Waals surface area contributed by atoms with Gasteiger partial charge in [0.1, 0.15) is 0 Å². The van der Waals surface area contributed by atoms with Gasteiger partial charge in [-0.3, -0.25) is 9.69 Å². The molecular formula is C13H14Cl2N2O. The lowest BCUT2D eigenvalue weighted by molar-refractivity contribution is -0.122. The molecule has 96 valence electrons. The number of hydrogen-bond donors (Lipinski definition) is 1. The van der Waals surface area contributed by atoms with Gasteiger partial charge in [0.05, 0.1) is 16.0 Å². The minimum absolute atomic E-state index is 0.174. The van der Waals surface area contributed by atoms with Crippen molar-refractivity contribution in [2.75, 3.05) is 19.6 Å². The van der Waals surface area contributed by atoms with Gasteiger partial charge in [-0.25, -0.2) is 0 Å². The second-order valence-corrected chi connectivity index (χ2v) is 5.87. The lowest BCUT2D eigenvalue weighted by Gasteiger charge is -2.17. The van der Waals surface area contributed by atoms with E-state index in [1.54, 1.807) is 0 Å². The molecule has 3 nitrogen and oxygen atoms in total. The number of nitrogens with zero attached hydrogens (tertiary/aromatic N) is 1. The predicted octanol–water partition coefficient (Wildman–Crippen LogP) is 2.17. The number of benzene rings is 1. The Labute approximate surface area is 116 Å². The van der Waals surface area contributed by atoms with Crippen LogP contribution in [-0.4, -0.2) is 30.4 Å². The molecule has 2 aliphatic heterocycles. The molecule has 0 bridgehead atoms. The summed E-state index contributed by atoms with van der Waals surface area (Å²) in [5, 5.41) is 4.09. The highest BCUT2D eigenvalue weighted by Gasteiger charge is 2.41. The van der Waals surface area contributed by atoms with Crippen molar-refractivity contribution >= 4 is 29.1 Å². The van der Waals surface area contributed by atoms with E-state index in [1.165, 1.54) is 0 Å². The van der Waals surface area contributed by atoms with Crippen molar-refractivity contribution in [2.45, 2.75) is 6.54 Å². The summed E-state index contributed by atoms with van der Waals surface area (Å²) in [6.45, 7) is 3.47. The Balaban J connectivity index is 1.67. The molecule has 2 saturated heterocycles. The van der Waals surface area contributed by atoms with Crippen molar-refractivity contribution in [3.63, 3.8) is 0 Å². The van der Waals surface area contributed by atoms with Gasteiger partial charge in [0.25, 0.3) is 0 Å². The van der Waals surface area contributed by atoms with Crippen LogP contribution in [0.15, 0.2) is 18.2 Å². The van der Waals surface area contributed by atoms with Gasteiger partial charge in [0, 0.05) is 32.1 Å². The summed E-state index contributed by atoms with van der Waals surface area (Å²) in [7, 11) is 0. The van der Waals surface area contributed by atoms with Crippen LogP contribution < -0.4 is 5.32 Å². The fourth-order valence-corrected chi connectivity index (χ4v) is 3.17. The van der Waals surface area contributed by atoms with E-state index in [-0.39, 0.29) is 11.8 Å². The van der Waals surface area contributed by atoms with Crippen LogP contribution in [0.2, 0.25) is 10.0 Å². The molecule has 1 aromatic rings. The Morgan fingerprint density at radius 3 is 2.83 bits per heavy atom. The van der Waals surface area contributed by atoms with Gasteiger partial charge in [0.2, 0.25) is 5.91 Å². The van der Waals surface area contributed by atoms with Crippen LogP contribution >= 0.6 is 23.2 Å². The number of rotatable bonds is 2. The predicted molar refractivity (Wildman–Crippen MR) is 71.7 cm³/mol. The lowest BCUT2D eigenvalue weighted by atomic mass is 10.0. The highest BCUT2D eigenvalue weighted by Crippen LogP contribution is 2.29. The van der Waals surface area contributed by atoms with Crippen molar-refractivity contribution in [3.05, 3.63) is 33.8 Å². The summed E-state index contributed by atoms with van der Waals surface area (Å²) < 4.78 is 0. The molecule has 1 N–H and O–H groups in total. The van der Waals surface area contributed by atoms with Crippen molar-refractivity contribution in [1.82, 2.24) is 10.2 Å². The van der Waals surface area contributed by atoms with Crippen LogP contribution in [-0.2, 0) is 11.3 Å². The van der Waals surface area contributed by atoms with Crippen LogP contribution in [0, 0.1) is 11.8 Å². The molecule has 3 rings (SSSR count). The molecule has 0 aliphatic carbocycles. The third-order valence-electron chi connectivity index (χ3n) is 3.78. The summed E-state index contributed by atoms with van der Waals surface area (Å²) in [4.78, 5) is 13.9. The Morgan fingerprint density at radius 2 is 2.11 bits per heavy atom. The van der Waals surface area contributed by atoms with Gasteiger partial charge in [-0.15, -0.1) is 0 Å². The number of amides is 1.